The van der Waals surface area contributed by atoms with Crippen LogP contribution in [-0.2, 0) is 9.05 Å². The van der Waals surface area contributed by atoms with Crippen LogP contribution in [-0.4, -0.2) is 20.5 Å². The van der Waals surface area contributed by atoms with Crippen LogP contribution in [0, 0.1) is 11.3 Å². The first-order chi connectivity index (χ1) is 7.81. The highest BCUT2D eigenvalue weighted by atomic mass is 35.7. The molecule has 0 aliphatic heterocycles. The largest absolute Gasteiger partial charge is 0.481 e. The van der Waals surface area contributed by atoms with Crippen LogP contribution in [0.15, 0.2) is 11.0 Å². The lowest BCUT2D eigenvalue weighted by atomic mass is 10.2. The molecule has 0 unspecified atom stereocenters. The van der Waals surface area contributed by atoms with Gasteiger partial charge in [-0.25, -0.2) is 22.2 Å². The molecule has 0 aliphatic rings. The summed E-state index contributed by atoms with van der Waals surface area (Å²) in [5.41, 5.74) is -1.64. The third-order valence-electron chi connectivity index (χ3n) is 1.77. The van der Waals surface area contributed by atoms with Crippen molar-refractivity contribution in [2.24, 2.45) is 0 Å². The molecule has 5 nitrogen and oxygen atoms in total. The lowest BCUT2D eigenvalue weighted by molar-refractivity contribution is 0.147. The van der Waals surface area contributed by atoms with Crippen molar-refractivity contribution < 1.29 is 21.9 Å². The van der Waals surface area contributed by atoms with E-state index in [1.807, 2.05) is 0 Å². The summed E-state index contributed by atoms with van der Waals surface area (Å²) >= 11 is 0. The monoisotopic (exact) mass is 282 g/mol. The maximum Gasteiger partial charge on any atom is 0.265 e. The van der Waals surface area contributed by atoms with Crippen molar-refractivity contribution in [1.82, 2.24) is 4.98 Å². The van der Waals surface area contributed by atoms with Crippen LogP contribution in [0.1, 0.15) is 17.7 Å². The third kappa shape index (κ3) is 2.81. The number of rotatable bonds is 3. The lowest BCUT2D eigenvalue weighted by Gasteiger charge is -2.09. The molecule has 1 rings (SSSR count). The van der Waals surface area contributed by atoms with Crippen molar-refractivity contribution in [1.29, 1.82) is 5.26 Å². The second-order valence-electron chi connectivity index (χ2n) is 2.78. The summed E-state index contributed by atoms with van der Waals surface area (Å²) in [5.74, 6) is -0.291. The molecular formula is C8H5ClF2N2O3S. The lowest BCUT2D eigenvalue weighted by Crippen LogP contribution is -2.06. The topological polar surface area (TPSA) is 80.0 Å². The van der Waals surface area contributed by atoms with Crippen LogP contribution in [0.2, 0.25) is 0 Å². The summed E-state index contributed by atoms with van der Waals surface area (Å²) in [5, 5.41) is 8.67. The number of pyridine rings is 1. The number of halogens is 3. The number of methoxy groups -OCH3 is 1. The van der Waals surface area contributed by atoms with E-state index in [1.54, 1.807) is 0 Å². The highest BCUT2D eigenvalue weighted by Gasteiger charge is 2.28. The Morgan fingerprint density at radius 2 is 2.18 bits per heavy atom. The number of aromatic nitrogens is 1. The Labute approximate surface area is 100 Å². The zero-order chi connectivity index (χ0) is 13.2. The van der Waals surface area contributed by atoms with Crippen LogP contribution < -0.4 is 4.74 Å². The highest BCUT2D eigenvalue weighted by molar-refractivity contribution is 8.13. The Kier molecular flexibility index (Phi) is 3.85. The second kappa shape index (κ2) is 4.81. The van der Waals surface area contributed by atoms with Gasteiger partial charge in [0.2, 0.25) is 5.88 Å². The van der Waals surface area contributed by atoms with Crippen LogP contribution in [0.5, 0.6) is 5.88 Å². The van der Waals surface area contributed by atoms with Gasteiger partial charge >= 0.3 is 0 Å². The second-order valence-corrected chi connectivity index (χ2v) is 5.28. The van der Waals surface area contributed by atoms with Gasteiger partial charge in [-0.3, -0.25) is 0 Å². The molecule has 0 atom stereocenters. The molecule has 0 amide bonds. The summed E-state index contributed by atoms with van der Waals surface area (Å²) < 4.78 is 52.2. The first-order valence-electron chi connectivity index (χ1n) is 4.03. The van der Waals surface area contributed by atoms with Gasteiger partial charge in [0.05, 0.1) is 7.11 Å². The van der Waals surface area contributed by atoms with E-state index in [-0.39, 0.29) is 5.88 Å². The quantitative estimate of drug-likeness (QED) is 0.790. The van der Waals surface area contributed by atoms with Gasteiger partial charge in [0.25, 0.3) is 15.5 Å². The van der Waals surface area contributed by atoms with Gasteiger partial charge in [-0.05, 0) is 0 Å². The molecule has 0 spiro atoms. The number of nitrogens with zero attached hydrogens (tertiary/aromatic N) is 2. The molecule has 1 aromatic heterocycles. The molecule has 0 aromatic carbocycles. The fourth-order valence-electron chi connectivity index (χ4n) is 1.13. The molecule has 92 valence electrons. The summed E-state index contributed by atoms with van der Waals surface area (Å²) in [6.07, 6.45) is -3.12. The number of nitriles is 1. The summed E-state index contributed by atoms with van der Waals surface area (Å²) in [4.78, 5) is 2.45. The van der Waals surface area contributed by atoms with Crippen LogP contribution >= 0.6 is 10.7 Å². The minimum absolute atomic E-state index is 0.291. The smallest absolute Gasteiger partial charge is 0.265 e. The fraction of sp³-hybridized carbons (Fsp3) is 0.250. The molecule has 0 fully saturated rings. The predicted molar refractivity (Wildman–Crippen MR) is 53.5 cm³/mol. The molecule has 0 bridgehead atoms. The Balaban J connectivity index is 3.73. The normalized spacial score (nSPS) is 11.3. The van der Waals surface area contributed by atoms with Gasteiger partial charge < -0.3 is 4.74 Å². The van der Waals surface area contributed by atoms with E-state index in [0.717, 1.165) is 13.2 Å². The average molecular weight is 283 g/mol. The molecule has 1 aromatic rings. The van der Waals surface area contributed by atoms with Crippen molar-refractivity contribution in [2.45, 2.75) is 11.3 Å². The van der Waals surface area contributed by atoms with Crippen LogP contribution in [0.25, 0.3) is 0 Å². The Bertz CT molecular complexity index is 583. The Morgan fingerprint density at radius 3 is 2.53 bits per heavy atom. The van der Waals surface area contributed by atoms with E-state index < -0.39 is 31.6 Å². The zero-order valence-corrected chi connectivity index (χ0v) is 9.89. The Morgan fingerprint density at radius 1 is 1.59 bits per heavy atom. The minimum Gasteiger partial charge on any atom is -0.481 e. The molecule has 0 saturated carbocycles. The van der Waals surface area contributed by atoms with Gasteiger partial charge in [0.15, 0.2) is 5.69 Å². The van der Waals surface area contributed by atoms with Crippen molar-refractivity contribution >= 4 is 19.7 Å². The molecule has 0 radical (unpaired) electrons. The summed E-state index contributed by atoms with van der Waals surface area (Å²) in [6, 6.07) is 2.11. The standard InChI is InChI=1S/C8H5ClF2N2O3S/c1-16-6-2-4(8(10)11)7(17(9,14)15)5(3-12)13-6/h2,8H,1H3. The van der Waals surface area contributed by atoms with E-state index in [9.17, 15) is 17.2 Å². The van der Waals surface area contributed by atoms with E-state index >= 15 is 0 Å². The third-order valence-corrected chi connectivity index (χ3v) is 3.15. The molecule has 1 heterocycles. The number of hydrogen-bond donors (Lipinski definition) is 0. The number of alkyl halides is 2. The van der Waals surface area contributed by atoms with E-state index in [1.165, 1.54) is 6.07 Å². The first kappa shape index (κ1) is 13.6. The van der Waals surface area contributed by atoms with Gasteiger partial charge in [-0.1, -0.05) is 0 Å². The number of ether oxygens (including phenoxy) is 1. The first-order valence-corrected chi connectivity index (χ1v) is 6.34. The predicted octanol–water partition coefficient (Wildman–Crippen LogP) is 1.83. The maximum atomic E-state index is 12.7. The van der Waals surface area contributed by atoms with E-state index in [0.29, 0.717) is 0 Å². The molecule has 0 aliphatic carbocycles. The van der Waals surface area contributed by atoms with E-state index in [4.69, 9.17) is 15.9 Å². The van der Waals surface area contributed by atoms with Crippen molar-refractivity contribution in [3.05, 3.63) is 17.3 Å². The van der Waals surface area contributed by atoms with E-state index in [2.05, 4.69) is 9.72 Å². The molecule has 0 saturated heterocycles. The minimum atomic E-state index is -4.49. The molecule has 17 heavy (non-hydrogen) atoms. The van der Waals surface area contributed by atoms with Gasteiger partial charge in [-0.15, -0.1) is 0 Å². The average Bonchev–Trinajstić information content (AvgIpc) is 2.25. The van der Waals surface area contributed by atoms with Crippen molar-refractivity contribution in [3.8, 4) is 11.9 Å². The fourth-order valence-corrected chi connectivity index (χ4v) is 2.37. The molecule has 9 heteroatoms. The van der Waals surface area contributed by atoms with Gasteiger partial charge in [-0.2, -0.15) is 5.26 Å². The van der Waals surface area contributed by atoms with Crippen LogP contribution in [0.4, 0.5) is 8.78 Å². The van der Waals surface area contributed by atoms with Crippen molar-refractivity contribution in [3.63, 3.8) is 0 Å². The van der Waals surface area contributed by atoms with Crippen molar-refractivity contribution in [2.75, 3.05) is 7.11 Å². The maximum absolute atomic E-state index is 12.7. The highest BCUT2D eigenvalue weighted by Crippen LogP contribution is 2.32. The van der Waals surface area contributed by atoms with Crippen LogP contribution in [0.3, 0.4) is 0 Å². The summed E-state index contributed by atoms with van der Waals surface area (Å²) in [7, 11) is 1.65. The van der Waals surface area contributed by atoms with Gasteiger partial charge in [0.1, 0.15) is 11.0 Å². The number of hydrogen-bond acceptors (Lipinski definition) is 5. The van der Waals surface area contributed by atoms with Gasteiger partial charge in [0, 0.05) is 22.3 Å². The molecule has 0 N–H and O–H groups in total. The summed E-state index contributed by atoms with van der Waals surface area (Å²) in [6.45, 7) is 0. The Hall–Kier alpha value is -1.46. The zero-order valence-electron chi connectivity index (χ0n) is 8.32. The SMILES string of the molecule is COc1cc(C(F)F)c(S(=O)(=O)Cl)c(C#N)n1. The molecular weight excluding hydrogens is 278 g/mol.